The SMILES string of the molecule is CC(C)(C)OC(=O)n1ccc(C(N)=O)c1. The quantitative estimate of drug-likeness (QED) is 0.760. The first-order valence-corrected chi connectivity index (χ1v) is 4.51. The normalized spacial score (nSPS) is 11.1. The van der Waals surface area contributed by atoms with Gasteiger partial charge in [0.05, 0.1) is 5.56 Å². The van der Waals surface area contributed by atoms with Gasteiger partial charge in [0, 0.05) is 12.4 Å². The van der Waals surface area contributed by atoms with Crippen molar-refractivity contribution in [3.63, 3.8) is 0 Å². The Kier molecular flexibility index (Phi) is 2.83. The molecule has 0 atom stereocenters. The van der Waals surface area contributed by atoms with Gasteiger partial charge in [0.1, 0.15) is 5.60 Å². The van der Waals surface area contributed by atoms with E-state index in [9.17, 15) is 9.59 Å². The third-order valence-corrected chi connectivity index (χ3v) is 1.58. The van der Waals surface area contributed by atoms with Gasteiger partial charge in [-0.2, -0.15) is 0 Å². The van der Waals surface area contributed by atoms with E-state index in [0.29, 0.717) is 0 Å². The standard InChI is InChI=1S/C10H14N2O3/c1-10(2,3)15-9(14)12-5-4-7(6-12)8(11)13/h4-6H,1-3H3,(H2,11,13). The van der Waals surface area contributed by atoms with Gasteiger partial charge in [-0.25, -0.2) is 4.79 Å². The van der Waals surface area contributed by atoms with Crippen LogP contribution in [0.1, 0.15) is 31.1 Å². The Labute approximate surface area is 87.8 Å². The zero-order valence-corrected chi connectivity index (χ0v) is 8.98. The monoisotopic (exact) mass is 210 g/mol. The van der Waals surface area contributed by atoms with Crippen LogP contribution in [0.4, 0.5) is 4.79 Å². The van der Waals surface area contributed by atoms with Crippen LogP contribution >= 0.6 is 0 Å². The van der Waals surface area contributed by atoms with Crippen LogP contribution < -0.4 is 5.73 Å². The summed E-state index contributed by atoms with van der Waals surface area (Å²) in [6.45, 7) is 5.30. The summed E-state index contributed by atoms with van der Waals surface area (Å²) < 4.78 is 6.27. The highest BCUT2D eigenvalue weighted by Gasteiger charge is 2.18. The molecule has 0 saturated heterocycles. The van der Waals surface area contributed by atoms with E-state index in [-0.39, 0.29) is 5.56 Å². The van der Waals surface area contributed by atoms with Crippen molar-refractivity contribution < 1.29 is 14.3 Å². The minimum atomic E-state index is -0.572. The van der Waals surface area contributed by atoms with Gasteiger partial charge in [-0.05, 0) is 26.8 Å². The molecule has 1 aromatic rings. The van der Waals surface area contributed by atoms with Crippen LogP contribution in [-0.2, 0) is 4.74 Å². The zero-order valence-electron chi connectivity index (χ0n) is 8.98. The molecule has 2 N–H and O–H groups in total. The van der Waals surface area contributed by atoms with Gasteiger partial charge in [-0.1, -0.05) is 0 Å². The molecule has 0 fully saturated rings. The van der Waals surface area contributed by atoms with Crippen LogP contribution in [0.3, 0.4) is 0 Å². The van der Waals surface area contributed by atoms with Crippen LogP contribution in [0.25, 0.3) is 0 Å². The lowest BCUT2D eigenvalue weighted by Gasteiger charge is -2.19. The Bertz CT molecular complexity index is 388. The zero-order chi connectivity index (χ0) is 11.6. The maximum absolute atomic E-state index is 11.5. The molecule has 0 aromatic carbocycles. The number of hydrogen-bond donors (Lipinski definition) is 1. The van der Waals surface area contributed by atoms with E-state index in [4.69, 9.17) is 10.5 Å². The van der Waals surface area contributed by atoms with Crippen molar-refractivity contribution >= 4 is 12.0 Å². The topological polar surface area (TPSA) is 74.3 Å². The molecule has 15 heavy (non-hydrogen) atoms. The van der Waals surface area contributed by atoms with Crippen molar-refractivity contribution in [2.45, 2.75) is 26.4 Å². The van der Waals surface area contributed by atoms with Crippen molar-refractivity contribution in [3.8, 4) is 0 Å². The number of primary amides is 1. The summed E-state index contributed by atoms with van der Waals surface area (Å²) in [6.07, 6.45) is 2.25. The minimum absolute atomic E-state index is 0.279. The van der Waals surface area contributed by atoms with Gasteiger partial charge in [0.15, 0.2) is 0 Å². The van der Waals surface area contributed by atoms with Gasteiger partial charge in [-0.3, -0.25) is 9.36 Å². The first kappa shape index (κ1) is 11.3. The molecule has 0 saturated carbocycles. The van der Waals surface area contributed by atoms with E-state index in [1.165, 1.54) is 23.0 Å². The second-order valence-electron chi connectivity index (χ2n) is 4.15. The lowest BCUT2D eigenvalue weighted by atomic mass is 10.2. The summed E-state index contributed by atoms with van der Waals surface area (Å²) in [6, 6.07) is 1.46. The van der Waals surface area contributed by atoms with E-state index in [2.05, 4.69) is 0 Å². The molecule has 0 bridgehead atoms. The third-order valence-electron chi connectivity index (χ3n) is 1.58. The van der Waals surface area contributed by atoms with Crippen molar-refractivity contribution in [1.29, 1.82) is 0 Å². The molecule has 0 unspecified atom stereocenters. The third kappa shape index (κ3) is 3.12. The second-order valence-corrected chi connectivity index (χ2v) is 4.15. The van der Waals surface area contributed by atoms with E-state index in [1.54, 1.807) is 20.8 Å². The molecule has 1 rings (SSSR count). The van der Waals surface area contributed by atoms with E-state index < -0.39 is 17.6 Å². The van der Waals surface area contributed by atoms with Crippen molar-refractivity contribution in [3.05, 3.63) is 24.0 Å². The molecule has 0 spiro atoms. The maximum Gasteiger partial charge on any atom is 0.418 e. The fraction of sp³-hybridized carbons (Fsp3) is 0.400. The van der Waals surface area contributed by atoms with Crippen LogP contribution in [0.2, 0.25) is 0 Å². The van der Waals surface area contributed by atoms with Gasteiger partial charge in [-0.15, -0.1) is 0 Å². The highest BCUT2D eigenvalue weighted by molar-refractivity contribution is 5.93. The number of hydrogen-bond acceptors (Lipinski definition) is 3. The molecule has 0 aliphatic carbocycles. The minimum Gasteiger partial charge on any atom is -0.443 e. The Morgan fingerprint density at radius 2 is 2.00 bits per heavy atom. The molecular weight excluding hydrogens is 196 g/mol. The average molecular weight is 210 g/mol. The molecule has 1 heterocycles. The number of nitrogens with zero attached hydrogens (tertiary/aromatic N) is 1. The number of ether oxygens (including phenoxy) is 1. The number of carbonyl (C=O) groups excluding carboxylic acids is 2. The summed E-state index contributed by atoms with van der Waals surface area (Å²) >= 11 is 0. The van der Waals surface area contributed by atoms with Crippen molar-refractivity contribution in [1.82, 2.24) is 4.57 Å². The first-order valence-electron chi connectivity index (χ1n) is 4.51. The molecule has 1 amide bonds. The Balaban J connectivity index is 2.79. The number of rotatable bonds is 1. The van der Waals surface area contributed by atoms with Gasteiger partial charge in [0.2, 0.25) is 5.91 Å². The van der Waals surface area contributed by atoms with Crippen LogP contribution in [0.5, 0.6) is 0 Å². The first-order chi connectivity index (χ1) is 6.79. The molecule has 5 heteroatoms. The maximum atomic E-state index is 11.5. The highest BCUT2D eigenvalue weighted by atomic mass is 16.6. The summed E-state index contributed by atoms with van der Waals surface area (Å²) in [5.41, 5.74) is 4.77. The number of amides is 1. The number of aromatic nitrogens is 1. The Hall–Kier alpha value is -1.78. The molecular formula is C10H14N2O3. The molecule has 5 nitrogen and oxygen atoms in total. The van der Waals surface area contributed by atoms with Crippen molar-refractivity contribution in [2.75, 3.05) is 0 Å². The van der Waals surface area contributed by atoms with Gasteiger partial charge >= 0.3 is 6.09 Å². The highest BCUT2D eigenvalue weighted by Crippen LogP contribution is 2.10. The van der Waals surface area contributed by atoms with Crippen molar-refractivity contribution in [2.24, 2.45) is 5.73 Å². The molecule has 82 valence electrons. The lowest BCUT2D eigenvalue weighted by molar-refractivity contribution is 0.0537. The van der Waals surface area contributed by atoms with Gasteiger partial charge in [0.25, 0.3) is 0 Å². The second kappa shape index (κ2) is 3.76. The van der Waals surface area contributed by atoms with Crippen LogP contribution in [0.15, 0.2) is 18.5 Å². The predicted octanol–water partition coefficient (Wildman–Crippen LogP) is 1.37. The number of nitrogens with two attached hydrogens (primary N) is 1. The average Bonchev–Trinajstić information content (AvgIpc) is 2.47. The van der Waals surface area contributed by atoms with E-state index >= 15 is 0 Å². The lowest BCUT2D eigenvalue weighted by Crippen LogP contribution is -2.26. The predicted molar refractivity (Wildman–Crippen MR) is 54.6 cm³/mol. The van der Waals surface area contributed by atoms with E-state index in [0.717, 1.165) is 0 Å². The van der Waals surface area contributed by atoms with Gasteiger partial charge < -0.3 is 10.5 Å². The fourth-order valence-electron chi connectivity index (χ4n) is 0.970. The van der Waals surface area contributed by atoms with Crippen LogP contribution in [0, 0.1) is 0 Å². The summed E-state index contributed by atoms with van der Waals surface area (Å²) in [5.74, 6) is -0.572. The summed E-state index contributed by atoms with van der Waals surface area (Å²) in [4.78, 5) is 22.3. The number of carbonyl (C=O) groups is 2. The molecule has 0 aliphatic rings. The van der Waals surface area contributed by atoms with E-state index in [1.807, 2.05) is 0 Å². The largest absolute Gasteiger partial charge is 0.443 e. The molecule has 1 aromatic heterocycles. The van der Waals surface area contributed by atoms with Crippen LogP contribution in [-0.4, -0.2) is 22.2 Å². The summed E-state index contributed by atoms with van der Waals surface area (Å²) in [5, 5.41) is 0. The summed E-state index contributed by atoms with van der Waals surface area (Å²) in [7, 11) is 0. The molecule has 0 aliphatic heterocycles. The fourth-order valence-corrected chi connectivity index (χ4v) is 0.970. The Morgan fingerprint density at radius 3 is 2.40 bits per heavy atom. The molecule has 0 radical (unpaired) electrons. The smallest absolute Gasteiger partial charge is 0.418 e. The Morgan fingerprint density at radius 1 is 1.40 bits per heavy atom.